The van der Waals surface area contributed by atoms with Gasteiger partial charge in [0.15, 0.2) is 6.61 Å². The quantitative estimate of drug-likeness (QED) is 0.862. The first-order valence-electron chi connectivity index (χ1n) is 8.36. The minimum atomic E-state index is -0.637. The molecule has 1 heterocycles. The molecule has 23 heavy (non-hydrogen) atoms. The van der Waals surface area contributed by atoms with Gasteiger partial charge >= 0.3 is 0 Å². The first kappa shape index (κ1) is 14.6. The summed E-state index contributed by atoms with van der Waals surface area (Å²) in [4.78, 5) is 14.6. The van der Waals surface area contributed by atoms with Crippen LogP contribution in [0.25, 0.3) is 0 Å². The van der Waals surface area contributed by atoms with Gasteiger partial charge < -0.3 is 9.64 Å². The van der Waals surface area contributed by atoms with E-state index in [1.54, 1.807) is 0 Å². The standard InChI is InChI=1S/C19H22N2O2/c1-17-13-21(16(22)11-23-15-6-4-3-5-7-15)19(12-20)10-14(17)8-9-18(17,19)2/h3-7,14H,8-11,13H2,1-2H3. The van der Waals surface area contributed by atoms with Crippen LogP contribution in [0.15, 0.2) is 30.3 Å². The Kier molecular flexibility index (Phi) is 2.85. The molecule has 3 aliphatic rings. The van der Waals surface area contributed by atoms with E-state index in [0.29, 0.717) is 18.2 Å². The lowest BCUT2D eigenvalue weighted by Gasteiger charge is -2.43. The van der Waals surface area contributed by atoms with E-state index in [1.807, 2.05) is 35.2 Å². The predicted octanol–water partition coefficient (Wildman–Crippen LogP) is 3.00. The minimum Gasteiger partial charge on any atom is -0.484 e. The monoisotopic (exact) mass is 310 g/mol. The van der Waals surface area contributed by atoms with E-state index in [-0.39, 0.29) is 23.3 Å². The lowest BCUT2D eigenvalue weighted by molar-refractivity contribution is -0.139. The van der Waals surface area contributed by atoms with Crippen molar-refractivity contribution in [2.24, 2.45) is 16.7 Å². The number of ether oxygens (including phenoxy) is 1. The first-order chi connectivity index (χ1) is 11.0. The molecule has 1 aromatic carbocycles. The minimum absolute atomic E-state index is 0.00424. The van der Waals surface area contributed by atoms with Gasteiger partial charge in [0, 0.05) is 12.0 Å². The molecule has 2 saturated carbocycles. The Morgan fingerprint density at radius 3 is 2.78 bits per heavy atom. The number of carbonyl (C=O) groups is 1. The van der Waals surface area contributed by atoms with Crippen LogP contribution in [-0.4, -0.2) is 29.5 Å². The first-order valence-corrected chi connectivity index (χ1v) is 8.36. The van der Waals surface area contributed by atoms with Crippen LogP contribution in [0.3, 0.4) is 0 Å². The van der Waals surface area contributed by atoms with Gasteiger partial charge in [0.25, 0.3) is 5.91 Å². The van der Waals surface area contributed by atoms with Crippen molar-refractivity contribution >= 4 is 5.91 Å². The molecule has 4 nitrogen and oxygen atoms in total. The number of piperidine rings is 1. The third-order valence-electron chi connectivity index (χ3n) is 7.15. The van der Waals surface area contributed by atoms with E-state index in [9.17, 15) is 10.1 Å². The van der Waals surface area contributed by atoms with Gasteiger partial charge in [-0.25, -0.2) is 0 Å². The Morgan fingerprint density at radius 2 is 2.13 bits per heavy atom. The Labute approximate surface area is 137 Å². The largest absolute Gasteiger partial charge is 0.484 e. The lowest BCUT2D eigenvalue weighted by atomic mass is 9.66. The van der Waals surface area contributed by atoms with Crippen LogP contribution in [0.4, 0.5) is 0 Å². The maximum Gasteiger partial charge on any atom is 0.261 e. The smallest absolute Gasteiger partial charge is 0.261 e. The lowest BCUT2D eigenvalue weighted by Crippen LogP contribution is -2.55. The summed E-state index contributed by atoms with van der Waals surface area (Å²) in [5, 5.41) is 9.96. The van der Waals surface area contributed by atoms with E-state index in [0.717, 1.165) is 12.8 Å². The van der Waals surface area contributed by atoms with Crippen molar-refractivity contribution in [1.82, 2.24) is 4.90 Å². The number of nitrogens with zero attached hydrogens (tertiary/aromatic N) is 2. The molecule has 4 bridgehead atoms. The molecule has 4 atom stereocenters. The van der Waals surface area contributed by atoms with Crippen molar-refractivity contribution in [3.05, 3.63) is 30.3 Å². The molecule has 0 spiro atoms. The van der Waals surface area contributed by atoms with Gasteiger partial charge in [0.1, 0.15) is 11.3 Å². The predicted molar refractivity (Wildman–Crippen MR) is 85.5 cm³/mol. The summed E-state index contributed by atoms with van der Waals surface area (Å²) in [6.45, 7) is 5.19. The molecule has 0 radical (unpaired) electrons. The van der Waals surface area contributed by atoms with Gasteiger partial charge in [-0.15, -0.1) is 0 Å². The van der Waals surface area contributed by atoms with Crippen molar-refractivity contribution in [2.45, 2.75) is 38.6 Å². The van der Waals surface area contributed by atoms with Gasteiger partial charge in [0.05, 0.1) is 6.07 Å². The summed E-state index contributed by atoms with van der Waals surface area (Å²) in [7, 11) is 0. The van der Waals surface area contributed by atoms with Crippen LogP contribution in [0, 0.1) is 28.1 Å². The van der Waals surface area contributed by atoms with E-state index in [4.69, 9.17) is 4.74 Å². The molecular weight excluding hydrogens is 288 g/mol. The summed E-state index contributed by atoms with van der Waals surface area (Å²) in [6, 6.07) is 11.9. The summed E-state index contributed by atoms with van der Waals surface area (Å²) in [5.74, 6) is 1.20. The third kappa shape index (κ3) is 1.58. The summed E-state index contributed by atoms with van der Waals surface area (Å²) >= 11 is 0. The van der Waals surface area contributed by atoms with Crippen LogP contribution in [0.1, 0.15) is 33.1 Å². The number of rotatable bonds is 3. The molecule has 2 aliphatic carbocycles. The molecule has 4 rings (SSSR count). The van der Waals surface area contributed by atoms with Gasteiger partial charge in [-0.05, 0) is 42.7 Å². The van der Waals surface area contributed by atoms with E-state index >= 15 is 0 Å². The molecule has 120 valence electrons. The summed E-state index contributed by atoms with van der Waals surface area (Å²) in [5.41, 5.74) is -0.644. The molecule has 4 unspecified atom stereocenters. The summed E-state index contributed by atoms with van der Waals surface area (Å²) in [6.07, 6.45) is 3.07. The van der Waals surface area contributed by atoms with Gasteiger partial charge in [-0.2, -0.15) is 5.26 Å². The molecule has 1 aliphatic heterocycles. The van der Waals surface area contributed by atoms with Gasteiger partial charge in [-0.3, -0.25) is 4.79 Å². The average Bonchev–Trinajstić information content (AvgIpc) is 3.02. The highest BCUT2D eigenvalue weighted by Crippen LogP contribution is 2.75. The fourth-order valence-electron chi connectivity index (χ4n) is 5.55. The van der Waals surface area contributed by atoms with Crippen molar-refractivity contribution in [1.29, 1.82) is 5.26 Å². The molecule has 3 fully saturated rings. The molecule has 1 amide bonds. The highest BCUT2D eigenvalue weighted by Gasteiger charge is 2.78. The number of hydrogen-bond acceptors (Lipinski definition) is 3. The van der Waals surface area contributed by atoms with Crippen molar-refractivity contribution in [3.63, 3.8) is 0 Å². The van der Waals surface area contributed by atoms with E-state index in [2.05, 4.69) is 19.9 Å². The van der Waals surface area contributed by atoms with Crippen LogP contribution in [-0.2, 0) is 4.79 Å². The second kappa shape index (κ2) is 4.50. The number of para-hydroxylation sites is 1. The number of nitriles is 1. The number of hydrogen-bond donors (Lipinski definition) is 0. The maximum absolute atomic E-state index is 12.8. The van der Waals surface area contributed by atoms with Gasteiger partial charge in [0.2, 0.25) is 0 Å². The topological polar surface area (TPSA) is 53.3 Å². The summed E-state index contributed by atoms with van der Waals surface area (Å²) < 4.78 is 5.62. The highest BCUT2D eigenvalue weighted by atomic mass is 16.5. The second-order valence-electron chi connectivity index (χ2n) is 7.74. The van der Waals surface area contributed by atoms with E-state index in [1.165, 1.54) is 6.42 Å². The molecule has 0 aromatic heterocycles. The fraction of sp³-hybridized carbons (Fsp3) is 0.579. The van der Waals surface area contributed by atoms with Crippen molar-refractivity contribution in [2.75, 3.05) is 13.2 Å². The Balaban J connectivity index is 1.57. The fourth-order valence-corrected chi connectivity index (χ4v) is 5.55. The van der Waals surface area contributed by atoms with Crippen LogP contribution >= 0.6 is 0 Å². The van der Waals surface area contributed by atoms with Crippen molar-refractivity contribution < 1.29 is 9.53 Å². The number of benzene rings is 1. The molecule has 1 saturated heterocycles. The number of likely N-dealkylation sites (tertiary alicyclic amines) is 1. The van der Waals surface area contributed by atoms with Gasteiger partial charge in [-0.1, -0.05) is 32.0 Å². The zero-order valence-corrected chi connectivity index (χ0v) is 13.7. The SMILES string of the molecule is CC12CN(C(=O)COc3ccccc3)C3(C#N)CC1CCC23C. The van der Waals surface area contributed by atoms with Crippen LogP contribution in [0.5, 0.6) is 5.75 Å². The van der Waals surface area contributed by atoms with Crippen LogP contribution in [0.2, 0.25) is 0 Å². The molecule has 1 aromatic rings. The van der Waals surface area contributed by atoms with Crippen molar-refractivity contribution in [3.8, 4) is 11.8 Å². The second-order valence-corrected chi connectivity index (χ2v) is 7.74. The zero-order chi connectivity index (χ0) is 16.3. The molecular formula is C19H22N2O2. The Morgan fingerprint density at radius 1 is 1.39 bits per heavy atom. The molecule has 4 heteroatoms. The van der Waals surface area contributed by atoms with Crippen LogP contribution < -0.4 is 4.74 Å². The molecule has 0 N–H and O–H groups in total. The zero-order valence-electron chi connectivity index (χ0n) is 13.7. The number of carbonyl (C=O) groups excluding carboxylic acids is 1. The maximum atomic E-state index is 12.8. The Hall–Kier alpha value is -2.02. The normalized spacial score (nSPS) is 40.2. The Bertz CT molecular complexity index is 697. The average molecular weight is 310 g/mol. The number of amides is 1. The van der Waals surface area contributed by atoms with E-state index < -0.39 is 5.54 Å². The highest BCUT2D eigenvalue weighted by molar-refractivity contribution is 5.80. The third-order valence-corrected chi connectivity index (χ3v) is 7.15.